The van der Waals surface area contributed by atoms with Crippen LogP contribution in [-0.2, 0) is 6.54 Å². The van der Waals surface area contributed by atoms with E-state index < -0.39 is 0 Å². The standard InChI is InChI=1S/C26H30N2O5S/c1-29-22-14-24(31-3)23(30-2)13-19(22)15-28-8-6-17(7-9-28)26-27-20(16-34-26)18-4-5-21-25(12-18)33-11-10-32-21/h4-5,12-14,16-17H,6-11,15H2,1-3H3. The fourth-order valence-corrected chi connectivity index (χ4v) is 5.61. The maximum Gasteiger partial charge on any atom is 0.164 e. The van der Waals surface area contributed by atoms with Crippen molar-refractivity contribution in [1.82, 2.24) is 9.88 Å². The number of methoxy groups -OCH3 is 3. The molecule has 5 rings (SSSR count). The van der Waals surface area contributed by atoms with Gasteiger partial charge < -0.3 is 23.7 Å². The van der Waals surface area contributed by atoms with Gasteiger partial charge in [-0.2, -0.15) is 0 Å². The largest absolute Gasteiger partial charge is 0.496 e. The molecule has 1 aromatic heterocycles. The molecule has 0 radical (unpaired) electrons. The van der Waals surface area contributed by atoms with Gasteiger partial charge in [-0.05, 0) is 50.2 Å². The Morgan fingerprint density at radius 3 is 2.35 bits per heavy atom. The molecular formula is C26H30N2O5S. The number of thiazole rings is 1. The molecule has 0 unspecified atom stereocenters. The van der Waals surface area contributed by atoms with E-state index in [1.807, 2.05) is 24.3 Å². The summed E-state index contributed by atoms with van der Waals surface area (Å²) in [5, 5.41) is 3.37. The van der Waals surface area contributed by atoms with E-state index in [1.54, 1.807) is 32.7 Å². The predicted molar refractivity (Wildman–Crippen MR) is 132 cm³/mol. The number of hydrogen-bond acceptors (Lipinski definition) is 8. The van der Waals surface area contributed by atoms with Crippen molar-refractivity contribution in [3.05, 3.63) is 46.3 Å². The van der Waals surface area contributed by atoms with Crippen molar-refractivity contribution in [3.8, 4) is 40.0 Å². The first-order valence-corrected chi connectivity index (χ1v) is 12.4. The monoisotopic (exact) mass is 482 g/mol. The highest BCUT2D eigenvalue weighted by Gasteiger charge is 2.25. The summed E-state index contributed by atoms with van der Waals surface area (Å²) in [6.45, 7) is 4.04. The van der Waals surface area contributed by atoms with Crippen molar-refractivity contribution >= 4 is 11.3 Å². The predicted octanol–water partition coefficient (Wildman–Crippen LogP) is 4.99. The number of nitrogens with zero attached hydrogens (tertiary/aromatic N) is 2. The van der Waals surface area contributed by atoms with Crippen LogP contribution in [0.4, 0.5) is 0 Å². The van der Waals surface area contributed by atoms with Crippen LogP contribution in [0.15, 0.2) is 35.7 Å². The summed E-state index contributed by atoms with van der Waals surface area (Å²) in [7, 11) is 4.99. The molecule has 0 aliphatic carbocycles. The van der Waals surface area contributed by atoms with Gasteiger partial charge in [-0.25, -0.2) is 4.98 Å². The van der Waals surface area contributed by atoms with Crippen LogP contribution < -0.4 is 23.7 Å². The van der Waals surface area contributed by atoms with Crippen molar-refractivity contribution in [3.63, 3.8) is 0 Å². The van der Waals surface area contributed by atoms with E-state index >= 15 is 0 Å². The fraction of sp³-hybridized carbons (Fsp3) is 0.423. The van der Waals surface area contributed by atoms with Crippen LogP contribution in [0, 0.1) is 0 Å². The van der Waals surface area contributed by atoms with Crippen LogP contribution in [0.2, 0.25) is 0 Å². The Bertz CT molecular complexity index is 1140. The molecule has 34 heavy (non-hydrogen) atoms. The number of benzene rings is 2. The topological polar surface area (TPSA) is 62.3 Å². The fourth-order valence-electron chi connectivity index (χ4n) is 4.61. The first kappa shape index (κ1) is 22.8. The molecule has 0 saturated carbocycles. The van der Waals surface area contributed by atoms with Crippen LogP contribution >= 0.6 is 11.3 Å². The third kappa shape index (κ3) is 4.65. The molecule has 0 amide bonds. The molecule has 1 saturated heterocycles. The summed E-state index contributed by atoms with van der Waals surface area (Å²) in [6, 6.07) is 9.99. The van der Waals surface area contributed by atoms with Gasteiger partial charge in [0.25, 0.3) is 0 Å². The number of rotatable bonds is 7. The molecule has 7 nitrogen and oxygen atoms in total. The van der Waals surface area contributed by atoms with Crippen LogP contribution in [0.25, 0.3) is 11.3 Å². The van der Waals surface area contributed by atoms with Gasteiger partial charge in [0.1, 0.15) is 19.0 Å². The van der Waals surface area contributed by atoms with E-state index in [0.717, 1.165) is 72.3 Å². The van der Waals surface area contributed by atoms with Crippen LogP contribution in [0.3, 0.4) is 0 Å². The Kier molecular flexibility index (Phi) is 6.78. The lowest BCUT2D eigenvalue weighted by atomic mass is 9.97. The van der Waals surface area contributed by atoms with Gasteiger partial charge in [-0.3, -0.25) is 4.90 Å². The molecular weight excluding hydrogens is 452 g/mol. The minimum absolute atomic E-state index is 0.486. The molecule has 8 heteroatoms. The molecule has 3 aromatic rings. The molecule has 2 aliphatic heterocycles. The zero-order chi connectivity index (χ0) is 23.5. The van der Waals surface area contributed by atoms with Crippen molar-refractivity contribution < 1.29 is 23.7 Å². The van der Waals surface area contributed by atoms with E-state index in [0.29, 0.717) is 24.9 Å². The highest BCUT2D eigenvalue weighted by molar-refractivity contribution is 7.10. The van der Waals surface area contributed by atoms with Crippen molar-refractivity contribution in [2.75, 3.05) is 47.6 Å². The quantitative estimate of drug-likeness (QED) is 0.470. The number of hydrogen-bond donors (Lipinski definition) is 0. The van der Waals surface area contributed by atoms with Gasteiger partial charge in [-0.1, -0.05) is 0 Å². The highest BCUT2D eigenvalue weighted by atomic mass is 32.1. The second-order valence-corrected chi connectivity index (χ2v) is 9.39. The van der Waals surface area contributed by atoms with Gasteiger partial charge in [0, 0.05) is 35.0 Å². The second-order valence-electron chi connectivity index (χ2n) is 8.50. The summed E-state index contributed by atoms with van der Waals surface area (Å²) in [4.78, 5) is 7.45. The summed E-state index contributed by atoms with van der Waals surface area (Å²) < 4.78 is 27.9. The lowest BCUT2D eigenvalue weighted by molar-refractivity contribution is 0.171. The summed E-state index contributed by atoms with van der Waals surface area (Å²) >= 11 is 1.76. The minimum atomic E-state index is 0.486. The van der Waals surface area contributed by atoms with Gasteiger partial charge >= 0.3 is 0 Å². The summed E-state index contributed by atoms with van der Waals surface area (Å²) in [6.07, 6.45) is 2.17. The maximum absolute atomic E-state index is 5.73. The number of aromatic nitrogens is 1. The zero-order valence-corrected chi connectivity index (χ0v) is 20.7. The smallest absolute Gasteiger partial charge is 0.164 e. The lowest BCUT2D eigenvalue weighted by Gasteiger charge is -2.31. The SMILES string of the molecule is COc1cc(OC)c(OC)cc1CN1CCC(c2nc(-c3ccc4c(c3)OCCO4)cs2)CC1. The van der Waals surface area contributed by atoms with Crippen molar-refractivity contribution in [2.45, 2.75) is 25.3 Å². The highest BCUT2D eigenvalue weighted by Crippen LogP contribution is 2.39. The van der Waals surface area contributed by atoms with Crippen molar-refractivity contribution in [2.24, 2.45) is 0 Å². The molecule has 0 N–H and O–H groups in total. The Balaban J connectivity index is 1.23. The Labute approximate surface area is 204 Å². The molecule has 3 heterocycles. The van der Waals surface area contributed by atoms with Gasteiger partial charge in [0.2, 0.25) is 0 Å². The summed E-state index contributed by atoms with van der Waals surface area (Å²) in [5.41, 5.74) is 3.19. The Morgan fingerprint density at radius 1 is 0.912 bits per heavy atom. The zero-order valence-electron chi connectivity index (χ0n) is 19.8. The summed E-state index contributed by atoms with van der Waals surface area (Å²) in [5.74, 6) is 4.33. The molecule has 2 aliphatic rings. The first-order valence-electron chi connectivity index (χ1n) is 11.5. The molecule has 180 valence electrons. The second kappa shape index (κ2) is 10.1. The molecule has 0 atom stereocenters. The maximum atomic E-state index is 5.73. The first-order chi connectivity index (χ1) is 16.7. The normalized spacial score (nSPS) is 16.3. The van der Waals surface area contributed by atoms with E-state index in [1.165, 1.54) is 5.01 Å². The third-order valence-corrected chi connectivity index (χ3v) is 7.48. The minimum Gasteiger partial charge on any atom is -0.496 e. The third-order valence-electron chi connectivity index (χ3n) is 6.48. The average molecular weight is 483 g/mol. The number of piperidine rings is 1. The van der Waals surface area contributed by atoms with Crippen molar-refractivity contribution in [1.29, 1.82) is 0 Å². The molecule has 0 spiro atoms. The Morgan fingerprint density at radius 2 is 1.62 bits per heavy atom. The van der Waals surface area contributed by atoms with E-state index in [9.17, 15) is 0 Å². The molecule has 0 bridgehead atoms. The molecule has 2 aromatic carbocycles. The number of ether oxygens (including phenoxy) is 5. The number of likely N-dealkylation sites (tertiary alicyclic amines) is 1. The van der Waals surface area contributed by atoms with E-state index in [4.69, 9.17) is 28.7 Å². The van der Waals surface area contributed by atoms with Gasteiger partial charge in [-0.15, -0.1) is 11.3 Å². The lowest BCUT2D eigenvalue weighted by Crippen LogP contribution is -2.32. The van der Waals surface area contributed by atoms with E-state index in [2.05, 4.69) is 16.3 Å². The molecule has 1 fully saturated rings. The van der Waals surface area contributed by atoms with Crippen LogP contribution in [0.5, 0.6) is 28.7 Å². The van der Waals surface area contributed by atoms with E-state index in [-0.39, 0.29) is 0 Å². The Hall–Kier alpha value is -2.97. The van der Waals surface area contributed by atoms with Crippen LogP contribution in [-0.4, -0.2) is 57.5 Å². The van der Waals surface area contributed by atoms with Gasteiger partial charge in [0.15, 0.2) is 23.0 Å². The van der Waals surface area contributed by atoms with Gasteiger partial charge in [0.05, 0.1) is 32.0 Å². The van der Waals surface area contributed by atoms with Crippen LogP contribution in [0.1, 0.15) is 29.3 Å². The number of fused-ring (bicyclic) bond motifs is 1. The average Bonchev–Trinajstić information content (AvgIpc) is 3.39.